The molecule has 2 heteroatoms. The predicted molar refractivity (Wildman–Crippen MR) is 77.2 cm³/mol. The van der Waals surface area contributed by atoms with Crippen LogP contribution in [0.1, 0.15) is 51.0 Å². The molecule has 0 amide bonds. The van der Waals surface area contributed by atoms with Crippen LogP contribution in [0.25, 0.3) is 0 Å². The van der Waals surface area contributed by atoms with Crippen LogP contribution in [0.2, 0.25) is 0 Å². The second kappa shape index (κ2) is 6.01. The Hall–Kier alpha value is -0.340. The molecular formula is C15H22BrN. The van der Waals surface area contributed by atoms with Crippen molar-refractivity contribution in [3.05, 3.63) is 34.3 Å². The SMILES string of the molecule is CCCC1(c2ccc(Br)cc2)CCCCCN1. The van der Waals surface area contributed by atoms with Crippen LogP contribution in [0, 0.1) is 0 Å². The van der Waals surface area contributed by atoms with Gasteiger partial charge in [-0.2, -0.15) is 0 Å². The topological polar surface area (TPSA) is 12.0 Å². The van der Waals surface area contributed by atoms with E-state index in [0.29, 0.717) is 0 Å². The van der Waals surface area contributed by atoms with Gasteiger partial charge in [0.05, 0.1) is 0 Å². The monoisotopic (exact) mass is 295 g/mol. The van der Waals surface area contributed by atoms with Crippen LogP contribution in [0.4, 0.5) is 0 Å². The van der Waals surface area contributed by atoms with E-state index >= 15 is 0 Å². The molecule has 1 nitrogen and oxygen atoms in total. The van der Waals surface area contributed by atoms with Gasteiger partial charge in [0.1, 0.15) is 0 Å². The summed E-state index contributed by atoms with van der Waals surface area (Å²) in [5, 5.41) is 3.82. The fraction of sp³-hybridized carbons (Fsp3) is 0.600. The lowest BCUT2D eigenvalue weighted by Crippen LogP contribution is -2.41. The number of nitrogens with one attached hydrogen (secondary N) is 1. The minimum atomic E-state index is 0.228. The van der Waals surface area contributed by atoms with Gasteiger partial charge in [-0.3, -0.25) is 0 Å². The lowest BCUT2D eigenvalue weighted by atomic mass is 9.82. The molecule has 1 heterocycles. The first-order chi connectivity index (χ1) is 8.27. The van der Waals surface area contributed by atoms with E-state index in [1.165, 1.54) is 48.6 Å². The van der Waals surface area contributed by atoms with E-state index in [1.54, 1.807) is 0 Å². The van der Waals surface area contributed by atoms with Gasteiger partial charge in [0.25, 0.3) is 0 Å². The Kier molecular flexibility index (Phi) is 4.63. The molecule has 1 aliphatic heterocycles. The summed E-state index contributed by atoms with van der Waals surface area (Å²) < 4.78 is 1.17. The summed E-state index contributed by atoms with van der Waals surface area (Å²) in [5.41, 5.74) is 1.69. The fourth-order valence-electron chi connectivity index (χ4n) is 2.94. The third-order valence-electron chi connectivity index (χ3n) is 3.82. The summed E-state index contributed by atoms with van der Waals surface area (Å²) in [7, 11) is 0. The molecule has 1 saturated heterocycles. The minimum absolute atomic E-state index is 0.228. The number of halogens is 1. The molecule has 0 saturated carbocycles. The maximum atomic E-state index is 3.82. The molecule has 0 radical (unpaired) electrons. The van der Waals surface area contributed by atoms with Gasteiger partial charge in [-0.25, -0.2) is 0 Å². The van der Waals surface area contributed by atoms with Gasteiger partial charge in [0.15, 0.2) is 0 Å². The van der Waals surface area contributed by atoms with Crippen molar-refractivity contribution < 1.29 is 0 Å². The van der Waals surface area contributed by atoms with Crippen LogP contribution in [0.15, 0.2) is 28.7 Å². The molecule has 0 spiro atoms. The van der Waals surface area contributed by atoms with Crippen LogP contribution in [-0.4, -0.2) is 6.54 Å². The first-order valence-corrected chi connectivity index (χ1v) is 7.57. The molecule has 17 heavy (non-hydrogen) atoms. The third-order valence-corrected chi connectivity index (χ3v) is 4.35. The Morgan fingerprint density at radius 2 is 1.94 bits per heavy atom. The molecular weight excluding hydrogens is 274 g/mol. The van der Waals surface area contributed by atoms with Gasteiger partial charge in [0.2, 0.25) is 0 Å². The third kappa shape index (κ3) is 3.11. The summed E-state index contributed by atoms with van der Waals surface area (Å²) in [5.74, 6) is 0. The average Bonchev–Trinajstić information content (AvgIpc) is 2.57. The molecule has 0 aliphatic carbocycles. The van der Waals surface area contributed by atoms with Gasteiger partial charge in [-0.1, -0.05) is 54.2 Å². The van der Waals surface area contributed by atoms with Gasteiger partial charge in [-0.05, 0) is 43.5 Å². The van der Waals surface area contributed by atoms with Crippen molar-refractivity contribution in [1.82, 2.24) is 5.32 Å². The highest BCUT2D eigenvalue weighted by Crippen LogP contribution is 2.34. The van der Waals surface area contributed by atoms with Crippen molar-refractivity contribution in [2.75, 3.05) is 6.54 Å². The van der Waals surface area contributed by atoms with Crippen molar-refractivity contribution in [2.45, 2.75) is 51.0 Å². The molecule has 2 rings (SSSR count). The summed E-state index contributed by atoms with van der Waals surface area (Å²) in [6.45, 7) is 3.45. The zero-order chi connectivity index (χ0) is 12.1. The molecule has 1 atom stereocenters. The van der Waals surface area contributed by atoms with Crippen molar-refractivity contribution in [2.24, 2.45) is 0 Å². The normalized spacial score (nSPS) is 25.5. The van der Waals surface area contributed by atoms with Crippen molar-refractivity contribution in [1.29, 1.82) is 0 Å². The van der Waals surface area contributed by atoms with Gasteiger partial charge >= 0.3 is 0 Å². The highest BCUT2D eigenvalue weighted by Gasteiger charge is 2.31. The van der Waals surface area contributed by atoms with E-state index in [9.17, 15) is 0 Å². The van der Waals surface area contributed by atoms with Crippen molar-refractivity contribution in [3.8, 4) is 0 Å². The smallest absolute Gasteiger partial charge is 0.0434 e. The van der Waals surface area contributed by atoms with Gasteiger partial charge in [0, 0.05) is 10.0 Å². The second-order valence-electron chi connectivity index (χ2n) is 5.08. The lowest BCUT2D eigenvalue weighted by Gasteiger charge is -2.34. The van der Waals surface area contributed by atoms with Crippen LogP contribution >= 0.6 is 15.9 Å². The molecule has 94 valence electrons. The maximum Gasteiger partial charge on any atom is 0.0434 e. The molecule has 1 aromatic carbocycles. The standard InChI is InChI=1S/C15H22BrN/c1-2-10-15(11-4-3-5-12-17-15)13-6-8-14(16)9-7-13/h6-9,17H,2-5,10-12H2,1H3. The van der Waals surface area contributed by atoms with E-state index < -0.39 is 0 Å². The van der Waals surface area contributed by atoms with E-state index in [2.05, 4.69) is 52.4 Å². The Bertz CT molecular complexity index is 336. The van der Waals surface area contributed by atoms with E-state index in [4.69, 9.17) is 0 Å². The number of rotatable bonds is 3. The molecule has 1 fully saturated rings. The quantitative estimate of drug-likeness (QED) is 0.859. The largest absolute Gasteiger partial charge is 0.307 e. The Balaban J connectivity index is 2.28. The van der Waals surface area contributed by atoms with Crippen LogP contribution in [-0.2, 0) is 5.54 Å². The first kappa shape index (κ1) is 13.1. The Morgan fingerprint density at radius 3 is 2.65 bits per heavy atom. The lowest BCUT2D eigenvalue weighted by molar-refractivity contribution is 0.297. The van der Waals surface area contributed by atoms with Gasteiger partial charge in [-0.15, -0.1) is 0 Å². The van der Waals surface area contributed by atoms with E-state index in [1.807, 2.05) is 0 Å². The van der Waals surface area contributed by atoms with E-state index in [0.717, 1.165) is 6.54 Å². The fourth-order valence-corrected chi connectivity index (χ4v) is 3.21. The maximum absolute atomic E-state index is 3.82. The number of hydrogen-bond acceptors (Lipinski definition) is 1. The summed E-state index contributed by atoms with van der Waals surface area (Å²) in [6, 6.07) is 8.88. The van der Waals surface area contributed by atoms with Crippen LogP contribution in [0.5, 0.6) is 0 Å². The molecule has 0 bridgehead atoms. The summed E-state index contributed by atoms with van der Waals surface area (Å²) in [4.78, 5) is 0. The number of benzene rings is 1. The molecule has 1 aliphatic rings. The molecule has 1 unspecified atom stereocenters. The number of hydrogen-bond donors (Lipinski definition) is 1. The van der Waals surface area contributed by atoms with Crippen molar-refractivity contribution in [3.63, 3.8) is 0 Å². The summed E-state index contributed by atoms with van der Waals surface area (Å²) >= 11 is 3.52. The average molecular weight is 296 g/mol. The second-order valence-corrected chi connectivity index (χ2v) is 5.99. The van der Waals surface area contributed by atoms with E-state index in [-0.39, 0.29) is 5.54 Å². The molecule has 1 N–H and O–H groups in total. The highest BCUT2D eigenvalue weighted by molar-refractivity contribution is 9.10. The van der Waals surface area contributed by atoms with Crippen LogP contribution < -0.4 is 5.32 Å². The zero-order valence-corrected chi connectivity index (χ0v) is 12.2. The van der Waals surface area contributed by atoms with Crippen molar-refractivity contribution >= 4 is 15.9 Å². The first-order valence-electron chi connectivity index (χ1n) is 6.78. The predicted octanol–water partition coefficient (Wildman–Crippen LogP) is 4.61. The highest BCUT2D eigenvalue weighted by atomic mass is 79.9. The van der Waals surface area contributed by atoms with Crippen LogP contribution in [0.3, 0.4) is 0 Å². The minimum Gasteiger partial charge on any atom is -0.307 e. The Morgan fingerprint density at radius 1 is 1.18 bits per heavy atom. The molecule has 0 aromatic heterocycles. The van der Waals surface area contributed by atoms with Gasteiger partial charge < -0.3 is 5.32 Å². The summed E-state index contributed by atoms with van der Waals surface area (Å²) in [6.07, 6.45) is 7.81. The Labute approximate surface area is 113 Å². The molecule has 1 aromatic rings. The zero-order valence-electron chi connectivity index (χ0n) is 10.6.